The molecule has 29 heavy (non-hydrogen) atoms. The van der Waals surface area contributed by atoms with Crippen LogP contribution in [0.4, 0.5) is 0 Å². The number of aromatic nitrogens is 1. The van der Waals surface area contributed by atoms with Crippen molar-refractivity contribution in [3.63, 3.8) is 0 Å². The van der Waals surface area contributed by atoms with E-state index < -0.39 is 0 Å². The summed E-state index contributed by atoms with van der Waals surface area (Å²) in [4.78, 5) is 12.6. The first-order chi connectivity index (χ1) is 13.7. The van der Waals surface area contributed by atoms with E-state index in [2.05, 4.69) is 44.6 Å². The largest absolute Gasteiger partial charge is 0.379 e. The van der Waals surface area contributed by atoms with Crippen molar-refractivity contribution in [2.24, 2.45) is 4.99 Å². The van der Waals surface area contributed by atoms with Crippen LogP contribution in [-0.2, 0) is 17.7 Å². The quantitative estimate of drug-likeness (QED) is 0.313. The third-order valence-electron chi connectivity index (χ3n) is 4.78. The number of morpholine rings is 1. The van der Waals surface area contributed by atoms with E-state index in [0.29, 0.717) is 6.54 Å². The van der Waals surface area contributed by atoms with Gasteiger partial charge in [0.25, 0.3) is 0 Å². The molecule has 2 heterocycles. The van der Waals surface area contributed by atoms with Crippen LogP contribution in [0.15, 0.2) is 35.5 Å². The maximum absolute atomic E-state index is 6.08. The van der Waals surface area contributed by atoms with Crippen LogP contribution in [0, 0.1) is 0 Å². The lowest BCUT2D eigenvalue weighted by Crippen LogP contribution is -2.46. The summed E-state index contributed by atoms with van der Waals surface area (Å²) in [6.07, 6.45) is 2.97. The molecule has 0 amide bonds. The summed E-state index contributed by atoms with van der Waals surface area (Å²) in [5.41, 5.74) is 1.24. The van der Waals surface area contributed by atoms with Crippen LogP contribution < -0.4 is 10.6 Å². The Labute approximate surface area is 199 Å². The topological polar surface area (TPSA) is 61.8 Å². The number of thiazole rings is 1. The van der Waals surface area contributed by atoms with Crippen LogP contribution in [0.5, 0.6) is 0 Å². The van der Waals surface area contributed by atoms with Crippen LogP contribution in [0.25, 0.3) is 0 Å². The number of ether oxygens (including phenoxy) is 1. The first kappa shape index (κ1) is 24.3. The van der Waals surface area contributed by atoms with Crippen molar-refractivity contribution in [1.82, 2.24) is 20.5 Å². The van der Waals surface area contributed by atoms with Gasteiger partial charge in [0, 0.05) is 42.8 Å². The summed E-state index contributed by atoms with van der Waals surface area (Å²) >= 11 is 7.82. The van der Waals surface area contributed by atoms with Gasteiger partial charge in [-0.2, -0.15) is 0 Å². The van der Waals surface area contributed by atoms with Gasteiger partial charge in [-0.3, -0.25) is 9.89 Å². The Balaban J connectivity index is 0.00000300. The average molecular weight is 550 g/mol. The Kier molecular flexibility index (Phi) is 10.6. The highest BCUT2D eigenvalue weighted by molar-refractivity contribution is 14.0. The summed E-state index contributed by atoms with van der Waals surface area (Å²) < 4.78 is 5.53. The zero-order chi connectivity index (χ0) is 19.8. The van der Waals surface area contributed by atoms with Crippen molar-refractivity contribution in [2.75, 3.05) is 39.9 Å². The fraction of sp³-hybridized carbons (Fsp3) is 0.500. The smallest absolute Gasteiger partial charge is 0.191 e. The molecule has 0 bridgehead atoms. The lowest BCUT2D eigenvalue weighted by atomic mass is 10.0. The summed E-state index contributed by atoms with van der Waals surface area (Å²) in [6, 6.07) is 8.33. The minimum absolute atomic E-state index is 0. The first-order valence-corrected chi connectivity index (χ1v) is 10.8. The van der Waals surface area contributed by atoms with Crippen molar-refractivity contribution < 1.29 is 4.74 Å². The lowest BCUT2D eigenvalue weighted by Gasteiger charge is -2.35. The number of hydrogen-bond acceptors (Lipinski definition) is 5. The van der Waals surface area contributed by atoms with Crippen molar-refractivity contribution in [3.8, 4) is 0 Å². The number of nitrogens with zero attached hydrogens (tertiary/aromatic N) is 3. The first-order valence-electron chi connectivity index (χ1n) is 9.65. The molecular weight excluding hydrogens is 521 g/mol. The molecule has 0 saturated carbocycles. The van der Waals surface area contributed by atoms with E-state index in [0.717, 1.165) is 55.3 Å². The van der Waals surface area contributed by atoms with E-state index in [1.807, 2.05) is 18.3 Å². The Morgan fingerprint density at radius 1 is 1.28 bits per heavy atom. The predicted molar refractivity (Wildman–Crippen MR) is 132 cm³/mol. The highest BCUT2D eigenvalue weighted by atomic mass is 127. The molecule has 0 spiro atoms. The molecule has 2 aromatic rings. The minimum Gasteiger partial charge on any atom is -0.379 e. The Bertz CT molecular complexity index is 764. The van der Waals surface area contributed by atoms with Gasteiger partial charge in [-0.05, 0) is 24.1 Å². The number of aliphatic imine (C=N–C) groups is 1. The second-order valence-electron chi connectivity index (χ2n) is 6.60. The van der Waals surface area contributed by atoms with Gasteiger partial charge in [0.05, 0.1) is 25.8 Å². The minimum atomic E-state index is 0. The zero-order valence-electron chi connectivity index (χ0n) is 16.9. The molecule has 0 aliphatic carbocycles. The van der Waals surface area contributed by atoms with E-state index >= 15 is 0 Å². The normalized spacial score (nSPS) is 16.2. The Morgan fingerprint density at radius 2 is 2.00 bits per heavy atom. The van der Waals surface area contributed by atoms with Crippen LogP contribution in [-0.4, -0.2) is 55.7 Å². The third-order valence-corrected chi connectivity index (χ3v) is 6.18. The molecule has 160 valence electrons. The van der Waals surface area contributed by atoms with Gasteiger partial charge in [-0.1, -0.05) is 30.7 Å². The van der Waals surface area contributed by atoms with Gasteiger partial charge in [0.2, 0.25) is 0 Å². The van der Waals surface area contributed by atoms with Gasteiger partial charge in [-0.15, -0.1) is 35.3 Å². The maximum atomic E-state index is 6.08. The summed E-state index contributed by atoms with van der Waals surface area (Å²) in [5.74, 6) is 0.778. The second-order valence-corrected chi connectivity index (χ2v) is 8.23. The van der Waals surface area contributed by atoms with Crippen molar-refractivity contribution >= 4 is 52.9 Å². The van der Waals surface area contributed by atoms with E-state index in [1.165, 1.54) is 10.4 Å². The second kappa shape index (κ2) is 12.7. The van der Waals surface area contributed by atoms with E-state index in [9.17, 15) is 0 Å². The van der Waals surface area contributed by atoms with E-state index in [4.69, 9.17) is 16.3 Å². The molecule has 1 fully saturated rings. The number of guanidine groups is 1. The predicted octanol–water partition coefficient (Wildman–Crippen LogP) is 3.72. The molecule has 3 rings (SSSR count). The maximum Gasteiger partial charge on any atom is 0.191 e. The highest BCUT2D eigenvalue weighted by Crippen LogP contribution is 2.23. The molecule has 1 aliphatic heterocycles. The monoisotopic (exact) mass is 549 g/mol. The number of rotatable bonds is 7. The van der Waals surface area contributed by atoms with Gasteiger partial charge >= 0.3 is 0 Å². The number of benzene rings is 1. The number of nitrogens with one attached hydrogen (secondary N) is 2. The van der Waals surface area contributed by atoms with Crippen molar-refractivity contribution in [2.45, 2.75) is 25.9 Å². The fourth-order valence-electron chi connectivity index (χ4n) is 3.20. The summed E-state index contributed by atoms with van der Waals surface area (Å²) in [7, 11) is 1.79. The Morgan fingerprint density at radius 3 is 2.62 bits per heavy atom. The van der Waals surface area contributed by atoms with E-state index in [-0.39, 0.29) is 30.0 Å². The molecule has 1 saturated heterocycles. The summed E-state index contributed by atoms with van der Waals surface area (Å²) in [6.45, 7) is 6.93. The zero-order valence-corrected chi connectivity index (χ0v) is 20.8. The SMILES string of the molecule is CCc1cnc(CNC(=NC)NCC(c2ccc(Cl)cc2)N2CCOCC2)s1.I. The molecule has 1 aromatic carbocycles. The highest BCUT2D eigenvalue weighted by Gasteiger charge is 2.23. The van der Waals surface area contributed by atoms with Gasteiger partial charge < -0.3 is 15.4 Å². The molecule has 2 N–H and O–H groups in total. The van der Waals surface area contributed by atoms with Crippen LogP contribution in [0.1, 0.15) is 28.4 Å². The van der Waals surface area contributed by atoms with Gasteiger partial charge in [0.15, 0.2) is 5.96 Å². The molecule has 9 heteroatoms. The van der Waals surface area contributed by atoms with Crippen LogP contribution in [0.2, 0.25) is 5.02 Å². The Hall–Kier alpha value is -0.940. The van der Waals surface area contributed by atoms with Crippen molar-refractivity contribution in [1.29, 1.82) is 0 Å². The number of halogens is 2. The molecule has 1 unspecified atom stereocenters. The lowest BCUT2D eigenvalue weighted by molar-refractivity contribution is 0.0170. The van der Waals surface area contributed by atoms with Gasteiger partial charge in [0.1, 0.15) is 5.01 Å². The standard InChI is InChI=1S/C20H28ClN5OS.HI/c1-3-17-12-23-19(28-17)14-25-20(22-2)24-13-18(26-8-10-27-11-9-26)15-4-6-16(21)7-5-15;/h4-7,12,18H,3,8-11,13-14H2,1-2H3,(H2,22,24,25);1H. The average Bonchev–Trinajstić information content (AvgIpc) is 3.20. The number of hydrogen-bond donors (Lipinski definition) is 2. The van der Waals surface area contributed by atoms with Gasteiger partial charge in [-0.25, -0.2) is 4.98 Å². The van der Waals surface area contributed by atoms with E-state index in [1.54, 1.807) is 18.4 Å². The summed E-state index contributed by atoms with van der Waals surface area (Å²) in [5, 5.41) is 8.66. The molecular formula is C20H29ClIN5OS. The number of aryl methyl sites for hydroxylation is 1. The molecule has 6 nitrogen and oxygen atoms in total. The van der Waals surface area contributed by atoms with Crippen LogP contribution in [0.3, 0.4) is 0 Å². The molecule has 1 aliphatic rings. The molecule has 1 aromatic heterocycles. The molecule has 0 radical (unpaired) electrons. The molecule has 1 atom stereocenters. The van der Waals surface area contributed by atoms with Crippen LogP contribution >= 0.6 is 46.9 Å². The van der Waals surface area contributed by atoms with Crippen molar-refractivity contribution in [3.05, 3.63) is 50.9 Å². The third kappa shape index (κ3) is 7.36. The fourth-order valence-corrected chi connectivity index (χ4v) is 4.13.